The van der Waals surface area contributed by atoms with Gasteiger partial charge in [0.25, 0.3) is 0 Å². The van der Waals surface area contributed by atoms with Gasteiger partial charge in [0, 0.05) is 18.6 Å². The van der Waals surface area contributed by atoms with E-state index in [-0.39, 0.29) is 6.61 Å². The Bertz CT molecular complexity index is 124. The zero-order valence-electron chi connectivity index (χ0n) is 8.67. The molecule has 3 heteroatoms. The maximum atomic E-state index is 8.93. The van der Waals surface area contributed by atoms with Crippen LogP contribution in [-0.2, 0) is 0 Å². The molecular weight excluding hydrogens is 152 g/mol. The highest BCUT2D eigenvalue weighted by molar-refractivity contribution is 4.80. The van der Waals surface area contributed by atoms with Crippen molar-refractivity contribution in [3.63, 3.8) is 0 Å². The predicted octanol–water partition coefficient (Wildman–Crippen LogP) is 0.284. The molecule has 0 aliphatic carbocycles. The average molecular weight is 174 g/mol. The van der Waals surface area contributed by atoms with Gasteiger partial charge in [0.15, 0.2) is 0 Å². The van der Waals surface area contributed by atoms with Crippen LogP contribution in [0.4, 0.5) is 0 Å². The summed E-state index contributed by atoms with van der Waals surface area (Å²) in [7, 11) is 2.03. The zero-order valence-corrected chi connectivity index (χ0v) is 8.67. The van der Waals surface area contributed by atoms with Gasteiger partial charge in [0.1, 0.15) is 0 Å². The van der Waals surface area contributed by atoms with Crippen LogP contribution in [0.5, 0.6) is 0 Å². The molecule has 0 rings (SSSR count). The summed E-state index contributed by atoms with van der Waals surface area (Å²) in [6, 6.07) is 0. The maximum Gasteiger partial charge on any atom is 0.0621 e. The molecule has 0 bridgehead atoms. The average Bonchev–Trinajstić information content (AvgIpc) is 1.84. The first-order valence-corrected chi connectivity index (χ1v) is 4.45. The summed E-state index contributed by atoms with van der Waals surface area (Å²) < 4.78 is 0. The van der Waals surface area contributed by atoms with E-state index >= 15 is 0 Å². The normalized spacial score (nSPS) is 17.0. The highest BCUT2D eigenvalue weighted by Crippen LogP contribution is 2.02. The largest absolute Gasteiger partial charge is 0.394 e. The molecule has 0 heterocycles. The van der Waals surface area contributed by atoms with Crippen molar-refractivity contribution in [3.8, 4) is 0 Å². The van der Waals surface area contributed by atoms with Crippen molar-refractivity contribution in [1.29, 1.82) is 0 Å². The lowest BCUT2D eigenvalue weighted by Gasteiger charge is -2.29. The summed E-state index contributed by atoms with van der Waals surface area (Å²) in [4.78, 5) is 2.15. The fourth-order valence-corrected chi connectivity index (χ4v) is 1.35. The van der Waals surface area contributed by atoms with Gasteiger partial charge in [-0.15, -0.1) is 0 Å². The Kier molecular flexibility index (Phi) is 4.75. The minimum atomic E-state index is -0.469. The van der Waals surface area contributed by atoms with Crippen molar-refractivity contribution in [2.45, 2.75) is 26.3 Å². The molecule has 0 amide bonds. The zero-order chi connectivity index (χ0) is 9.78. The highest BCUT2D eigenvalue weighted by Gasteiger charge is 2.19. The van der Waals surface area contributed by atoms with Gasteiger partial charge in [-0.05, 0) is 19.9 Å². The molecule has 12 heavy (non-hydrogen) atoms. The first-order chi connectivity index (χ1) is 5.37. The van der Waals surface area contributed by atoms with E-state index in [1.807, 2.05) is 14.0 Å². The number of nitrogens with zero attached hydrogens (tertiary/aromatic N) is 1. The molecule has 0 aliphatic heterocycles. The molecule has 0 aromatic carbocycles. The van der Waals surface area contributed by atoms with Gasteiger partial charge in [0.05, 0.1) is 6.61 Å². The number of nitrogens with two attached hydrogens (primary N) is 1. The van der Waals surface area contributed by atoms with Crippen LogP contribution in [0.1, 0.15) is 20.8 Å². The molecule has 1 unspecified atom stereocenters. The van der Waals surface area contributed by atoms with Crippen molar-refractivity contribution in [1.82, 2.24) is 4.90 Å². The molecule has 0 saturated heterocycles. The summed E-state index contributed by atoms with van der Waals surface area (Å²) >= 11 is 0. The molecular formula is C9H22N2O. The Morgan fingerprint density at radius 2 is 2.00 bits per heavy atom. The molecule has 3 N–H and O–H groups in total. The van der Waals surface area contributed by atoms with E-state index in [1.165, 1.54) is 0 Å². The van der Waals surface area contributed by atoms with Crippen molar-refractivity contribution in [2.75, 3.05) is 26.7 Å². The third-order valence-electron chi connectivity index (χ3n) is 1.67. The molecule has 74 valence electrons. The van der Waals surface area contributed by atoms with Crippen molar-refractivity contribution in [2.24, 2.45) is 11.7 Å². The number of hydrogen-bond donors (Lipinski definition) is 2. The van der Waals surface area contributed by atoms with Crippen molar-refractivity contribution < 1.29 is 5.11 Å². The fraction of sp³-hybridized carbons (Fsp3) is 1.00. The summed E-state index contributed by atoms with van der Waals surface area (Å²) in [6.07, 6.45) is 0. The second kappa shape index (κ2) is 4.80. The lowest BCUT2D eigenvalue weighted by atomic mass is 10.0. The minimum absolute atomic E-state index is 0.0371. The van der Waals surface area contributed by atoms with Crippen LogP contribution in [-0.4, -0.2) is 42.3 Å². The molecule has 0 fully saturated rings. The van der Waals surface area contributed by atoms with Crippen LogP contribution >= 0.6 is 0 Å². The van der Waals surface area contributed by atoms with Crippen LogP contribution < -0.4 is 5.73 Å². The van der Waals surface area contributed by atoms with Crippen LogP contribution in [0.3, 0.4) is 0 Å². The maximum absolute atomic E-state index is 8.93. The summed E-state index contributed by atoms with van der Waals surface area (Å²) in [5.74, 6) is 0.643. The van der Waals surface area contributed by atoms with Crippen LogP contribution in [0.2, 0.25) is 0 Å². The Balaban J connectivity index is 3.75. The first kappa shape index (κ1) is 11.9. The summed E-state index contributed by atoms with van der Waals surface area (Å²) in [6.45, 7) is 8.00. The molecule has 1 atom stereocenters. The monoisotopic (exact) mass is 174 g/mol. The third-order valence-corrected chi connectivity index (χ3v) is 1.67. The molecule has 0 radical (unpaired) electrons. The highest BCUT2D eigenvalue weighted by atomic mass is 16.3. The standard InChI is InChI=1S/C9H22N2O/c1-8(2)5-11(4)6-9(3,10)7-12/h8,12H,5-7,10H2,1-4H3. The Morgan fingerprint density at radius 3 is 2.33 bits per heavy atom. The van der Waals surface area contributed by atoms with Gasteiger partial charge in [-0.2, -0.15) is 0 Å². The Hall–Kier alpha value is -0.120. The molecule has 0 spiro atoms. The van der Waals surface area contributed by atoms with E-state index in [2.05, 4.69) is 18.7 Å². The summed E-state index contributed by atoms with van der Waals surface area (Å²) in [5.41, 5.74) is 5.33. The Morgan fingerprint density at radius 1 is 1.50 bits per heavy atom. The lowest BCUT2D eigenvalue weighted by molar-refractivity contribution is 0.156. The molecule has 0 saturated carbocycles. The predicted molar refractivity (Wildman–Crippen MR) is 52.0 cm³/mol. The minimum Gasteiger partial charge on any atom is -0.394 e. The van der Waals surface area contributed by atoms with Crippen molar-refractivity contribution in [3.05, 3.63) is 0 Å². The van der Waals surface area contributed by atoms with Gasteiger partial charge in [-0.3, -0.25) is 0 Å². The fourth-order valence-electron chi connectivity index (χ4n) is 1.35. The number of aliphatic hydroxyl groups excluding tert-OH is 1. The summed E-state index contributed by atoms with van der Waals surface area (Å²) in [5, 5.41) is 8.93. The topological polar surface area (TPSA) is 49.5 Å². The molecule has 3 nitrogen and oxygen atoms in total. The van der Waals surface area contributed by atoms with E-state index in [0.29, 0.717) is 5.92 Å². The van der Waals surface area contributed by atoms with Crippen LogP contribution in [0.15, 0.2) is 0 Å². The van der Waals surface area contributed by atoms with Crippen molar-refractivity contribution >= 4 is 0 Å². The van der Waals surface area contributed by atoms with E-state index in [0.717, 1.165) is 13.1 Å². The van der Waals surface area contributed by atoms with Crippen LogP contribution in [0, 0.1) is 5.92 Å². The lowest BCUT2D eigenvalue weighted by Crippen LogP contribution is -2.50. The van der Waals surface area contributed by atoms with Gasteiger partial charge in [-0.1, -0.05) is 13.8 Å². The van der Waals surface area contributed by atoms with E-state index in [9.17, 15) is 0 Å². The van der Waals surface area contributed by atoms with Crippen LogP contribution in [0.25, 0.3) is 0 Å². The Labute approximate surface area is 75.6 Å². The van der Waals surface area contributed by atoms with E-state index < -0.39 is 5.54 Å². The smallest absolute Gasteiger partial charge is 0.0621 e. The number of rotatable bonds is 5. The molecule has 0 aromatic heterocycles. The molecule has 0 aromatic rings. The van der Waals surface area contributed by atoms with Gasteiger partial charge >= 0.3 is 0 Å². The van der Waals surface area contributed by atoms with Gasteiger partial charge < -0.3 is 15.7 Å². The number of aliphatic hydroxyl groups is 1. The van der Waals surface area contributed by atoms with E-state index in [1.54, 1.807) is 0 Å². The third kappa shape index (κ3) is 5.52. The second-order valence-corrected chi connectivity index (χ2v) is 4.40. The quantitative estimate of drug-likeness (QED) is 0.629. The SMILES string of the molecule is CC(C)CN(C)CC(C)(N)CO. The number of likely N-dealkylation sites (N-methyl/N-ethyl adjacent to an activating group) is 1. The number of hydrogen-bond acceptors (Lipinski definition) is 3. The van der Waals surface area contributed by atoms with E-state index in [4.69, 9.17) is 10.8 Å². The first-order valence-electron chi connectivity index (χ1n) is 4.45. The van der Waals surface area contributed by atoms with Gasteiger partial charge in [0.2, 0.25) is 0 Å². The van der Waals surface area contributed by atoms with Gasteiger partial charge in [-0.25, -0.2) is 0 Å². The molecule has 0 aliphatic rings. The second-order valence-electron chi connectivity index (χ2n) is 4.40.